The Morgan fingerprint density at radius 1 is 1.19 bits per heavy atom. The summed E-state index contributed by atoms with van der Waals surface area (Å²) < 4.78 is 10.3. The van der Waals surface area contributed by atoms with Crippen LogP contribution in [0.3, 0.4) is 0 Å². The summed E-state index contributed by atoms with van der Waals surface area (Å²) in [5.74, 6) is 1.01. The van der Waals surface area contributed by atoms with Crippen LogP contribution < -0.4 is 0 Å². The molecule has 106 valence electrons. The second-order valence-electron chi connectivity index (χ2n) is 4.69. The Bertz CT molecular complexity index is 702. The molecular weight excluding hydrogens is 268 g/mol. The highest BCUT2D eigenvalue weighted by Crippen LogP contribution is 2.21. The molecule has 3 aromatic rings. The van der Waals surface area contributed by atoms with Crippen LogP contribution in [0.5, 0.6) is 0 Å². The summed E-state index contributed by atoms with van der Waals surface area (Å²) in [6.45, 7) is 0. The highest BCUT2D eigenvalue weighted by molar-refractivity contribution is 5.94. The van der Waals surface area contributed by atoms with Gasteiger partial charge in [0.2, 0.25) is 5.76 Å². The Morgan fingerprint density at radius 2 is 2.14 bits per heavy atom. The first-order valence-electron chi connectivity index (χ1n) is 6.75. The molecule has 0 amide bonds. The van der Waals surface area contributed by atoms with Crippen molar-refractivity contribution in [2.45, 2.75) is 19.3 Å². The van der Waals surface area contributed by atoms with Crippen molar-refractivity contribution >= 4 is 5.78 Å². The summed E-state index contributed by atoms with van der Waals surface area (Å²) in [5, 5.41) is 3.80. The number of aryl methyl sites for hydroxylation is 1. The molecule has 0 spiro atoms. The third-order valence-corrected chi connectivity index (χ3v) is 3.15. The Kier molecular flexibility index (Phi) is 3.91. The molecule has 3 rings (SSSR count). The first-order chi connectivity index (χ1) is 10.3. The van der Waals surface area contributed by atoms with E-state index in [-0.39, 0.29) is 5.78 Å². The Labute approximate surface area is 121 Å². The van der Waals surface area contributed by atoms with Crippen LogP contribution in [0.4, 0.5) is 0 Å². The van der Waals surface area contributed by atoms with Crippen molar-refractivity contribution < 1.29 is 13.7 Å². The fourth-order valence-corrected chi connectivity index (χ4v) is 2.07. The molecule has 5 nitrogen and oxygen atoms in total. The third kappa shape index (κ3) is 3.25. The van der Waals surface area contributed by atoms with Gasteiger partial charge in [-0.25, -0.2) is 0 Å². The molecule has 0 bridgehead atoms. The van der Waals surface area contributed by atoms with Crippen molar-refractivity contribution in [2.24, 2.45) is 0 Å². The molecule has 0 atom stereocenters. The fraction of sp³-hybridized carbons (Fsp3) is 0.188. The minimum Gasteiger partial charge on any atom is -0.461 e. The van der Waals surface area contributed by atoms with Gasteiger partial charge in [0.15, 0.2) is 11.5 Å². The second-order valence-corrected chi connectivity index (χ2v) is 4.69. The molecule has 21 heavy (non-hydrogen) atoms. The van der Waals surface area contributed by atoms with Gasteiger partial charge in [-0.3, -0.25) is 9.78 Å². The SMILES string of the molecule is O=C(CCCc1cccnc1)c1cc(-c2ccco2)on1. The summed E-state index contributed by atoms with van der Waals surface area (Å²) in [6, 6.07) is 9.03. The van der Waals surface area contributed by atoms with Crippen LogP contribution in [0.2, 0.25) is 0 Å². The van der Waals surface area contributed by atoms with E-state index in [2.05, 4.69) is 10.1 Å². The maximum absolute atomic E-state index is 12.0. The summed E-state index contributed by atoms with van der Waals surface area (Å²) in [5.41, 5.74) is 1.47. The number of hydrogen-bond acceptors (Lipinski definition) is 5. The van der Waals surface area contributed by atoms with Gasteiger partial charge in [-0.1, -0.05) is 11.2 Å². The smallest absolute Gasteiger partial charge is 0.202 e. The van der Waals surface area contributed by atoms with E-state index in [9.17, 15) is 4.79 Å². The number of furan rings is 1. The molecule has 0 aliphatic carbocycles. The molecule has 0 unspecified atom stereocenters. The molecule has 0 N–H and O–H groups in total. The zero-order chi connectivity index (χ0) is 14.5. The maximum Gasteiger partial charge on any atom is 0.202 e. The van der Waals surface area contributed by atoms with Gasteiger partial charge < -0.3 is 8.94 Å². The van der Waals surface area contributed by atoms with Gasteiger partial charge in [0.25, 0.3) is 0 Å². The van der Waals surface area contributed by atoms with Gasteiger partial charge in [0.1, 0.15) is 5.69 Å². The maximum atomic E-state index is 12.0. The number of aromatic nitrogens is 2. The van der Waals surface area contributed by atoms with Crippen LogP contribution in [-0.2, 0) is 6.42 Å². The van der Waals surface area contributed by atoms with Gasteiger partial charge in [-0.15, -0.1) is 0 Å². The number of ketones is 1. The standard InChI is InChI=1S/C16H14N2O3/c19-14(6-1-4-12-5-2-8-17-11-12)13-10-16(21-18-13)15-7-3-9-20-15/h2-3,5,7-11H,1,4,6H2. The zero-order valence-electron chi connectivity index (χ0n) is 11.4. The van der Waals surface area contributed by atoms with Crippen molar-refractivity contribution in [1.29, 1.82) is 0 Å². The van der Waals surface area contributed by atoms with E-state index in [0.29, 0.717) is 23.6 Å². The Balaban J connectivity index is 1.56. The normalized spacial score (nSPS) is 10.7. The number of nitrogens with zero attached hydrogens (tertiary/aromatic N) is 2. The summed E-state index contributed by atoms with van der Waals surface area (Å²) in [7, 11) is 0. The van der Waals surface area contributed by atoms with E-state index >= 15 is 0 Å². The molecular formula is C16H14N2O3. The van der Waals surface area contributed by atoms with Gasteiger partial charge in [-0.2, -0.15) is 0 Å². The molecule has 0 saturated carbocycles. The van der Waals surface area contributed by atoms with Crippen LogP contribution in [0.1, 0.15) is 28.9 Å². The molecule has 3 heterocycles. The van der Waals surface area contributed by atoms with Gasteiger partial charge in [-0.05, 0) is 36.6 Å². The molecule has 0 aliphatic rings. The van der Waals surface area contributed by atoms with Crippen LogP contribution in [0, 0.1) is 0 Å². The van der Waals surface area contributed by atoms with E-state index in [1.54, 1.807) is 30.7 Å². The summed E-state index contributed by atoms with van der Waals surface area (Å²) in [6.07, 6.45) is 7.11. The first kappa shape index (κ1) is 13.3. The van der Waals surface area contributed by atoms with Crippen molar-refractivity contribution in [3.05, 3.63) is 60.2 Å². The predicted molar refractivity (Wildman–Crippen MR) is 75.7 cm³/mol. The number of hydrogen-bond donors (Lipinski definition) is 0. The summed E-state index contributed by atoms with van der Waals surface area (Å²) >= 11 is 0. The molecule has 0 aromatic carbocycles. The van der Waals surface area contributed by atoms with Gasteiger partial charge in [0, 0.05) is 24.9 Å². The van der Waals surface area contributed by atoms with Crippen molar-refractivity contribution in [1.82, 2.24) is 10.1 Å². The lowest BCUT2D eigenvalue weighted by molar-refractivity contribution is 0.0971. The fourth-order valence-electron chi connectivity index (χ4n) is 2.07. The van der Waals surface area contributed by atoms with Gasteiger partial charge >= 0.3 is 0 Å². The molecule has 0 saturated heterocycles. The first-order valence-corrected chi connectivity index (χ1v) is 6.75. The van der Waals surface area contributed by atoms with E-state index in [4.69, 9.17) is 8.94 Å². The molecule has 5 heteroatoms. The summed E-state index contributed by atoms with van der Waals surface area (Å²) in [4.78, 5) is 16.1. The van der Waals surface area contributed by atoms with Crippen LogP contribution in [0.15, 0.2) is 57.9 Å². The molecule has 3 aromatic heterocycles. The lowest BCUT2D eigenvalue weighted by atomic mass is 10.1. The lowest BCUT2D eigenvalue weighted by Gasteiger charge is -1.98. The average Bonchev–Trinajstić information content (AvgIpc) is 3.19. The quantitative estimate of drug-likeness (QED) is 0.647. The average molecular weight is 282 g/mol. The molecule has 0 radical (unpaired) electrons. The molecule has 0 aliphatic heterocycles. The highest BCUT2D eigenvalue weighted by atomic mass is 16.5. The number of carbonyl (C=O) groups excluding carboxylic acids is 1. The number of pyridine rings is 1. The Hall–Kier alpha value is -2.69. The number of Topliss-reactive ketones (excluding diaryl/α,β-unsaturated/α-hetero) is 1. The predicted octanol–water partition coefficient (Wildman–Crippen LogP) is 3.54. The third-order valence-electron chi connectivity index (χ3n) is 3.15. The largest absolute Gasteiger partial charge is 0.461 e. The Morgan fingerprint density at radius 3 is 2.90 bits per heavy atom. The zero-order valence-corrected chi connectivity index (χ0v) is 11.4. The van der Waals surface area contributed by atoms with E-state index in [1.807, 2.05) is 18.3 Å². The van der Waals surface area contributed by atoms with E-state index in [0.717, 1.165) is 18.4 Å². The minimum absolute atomic E-state index is 0.0274. The van der Waals surface area contributed by atoms with Crippen LogP contribution in [0.25, 0.3) is 11.5 Å². The minimum atomic E-state index is -0.0274. The van der Waals surface area contributed by atoms with Crippen LogP contribution >= 0.6 is 0 Å². The number of rotatable bonds is 6. The van der Waals surface area contributed by atoms with Crippen molar-refractivity contribution in [2.75, 3.05) is 0 Å². The van der Waals surface area contributed by atoms with E-state index < -0.39 is 0 Å². The topological polar surface area (TPSA) is 69.1 Å². The van der Waals surface area contributed by atoms with Gasteiger partial charge in [0.05, 0.1) is 6.26 Å². The van der Waals surface area contributed by atoms with Crippen LogP contribution in [-0.4, -0.2) is 15.9 Å². The molecule has 0 fully saturated rings. The van der Waals surface area contributed by atoms with Crippen molar-refractivity contribution in [3.63, 3.8) is 0 Å². The monoisotopic (exact) mass is 282 g/mol. The van der Waals surface area contributed by atoms with E-state index in [1.165, 1.54) is 0 Å². The second kappa shape index (κ2) is 6.17. The highest BCUT2D eigenvalue weighted by Gasteiger charge is 2.14. The number of carbonyl (C=O) groups is 1. The van der Waals surface area contributed by atoms with Crippen molar-refractivity contribution in [3.8, 4) is 11.5 Å². The lowest BCUT2D eigenvalue weighted by Crippen LogP contribution is -2.00.